The van der Waals surface area contributed by atoms with Crippen LogP contribution >= 0.6 is 0 Å². The number of ketones is 1. The lowest BCUT2D eigenvalue weighted by atomic mass is 10.0. The topological polar surface area (TPSA) is 59.5 Å². The molecule has 0 radical (unpaired) electrons. The zero-order valence-corrected chi connectivity index (χ0v) is 19.9. The quantitative estimate of drug-likeness (QED) is 0.305. The largest absolute Gasteiger partial charge is 0.443 e. The van der Waals surface area contributed by atoms with Gasteiger partial charge in [0.05, 0.1) is 17.8 Å². The minimum Gasteiger partial charge on any atom is -0.443 e. The third-order valence-corrected chi connectivity index (χ3v) is 5.40. The van der Waals surface area contributed by atoms with E-state index < -0.39 is 11.7 Å². The molecule has 0 aliphatic carbocycles. The van der Waals surface area contributed by atoms with E-state index in [9.17, 15) is 9.59 Å². The average molecular weight is 453 g/mol. The molecule has 0 fully saturated rings. The Labute approximate surface area is 200 Å². The van der Waals surface area contributed by atoms with Crippen LogP contribution in [0.3, 0.4) is 0 Å². The molecule has 4 rings (SSSR count). The first-order valence-electron chi connectivity index (χ1n) is 11.3. The van der Waals surface area contributed by atoms with Gasteiger partial charge in [-0.25, -0.2) is 9.78 Å². The summed E-state index contributed by atoms with van der Waals surface area (Å²) in [4.78, 5) is 31.5. The van der Waals surface area contributed by atoms with Gasteiger partial charge in [-0.05, 0) is 69.7 Å². The number of ether oxygens (including phenoxy) is 1. The second-order valence-electron chi connectivity index (χ2n) is 9.22. The van der Waals surface area contributed by atoms with Gasteiger partial charge >= 0.3 is 6.09 Å². The molecule has 1 heterocycles. The molecule has 0 bridgehead atoms. The molecule has 0 saturated heterocycles. The van der Waals surface area contributed by atoms with Gasteiger partial charge in [-0.1, -0.05) is 48.5 Å². The summed E-state index contributed by atoms with van der Waals surface area (Å²) in [7, 11) is 0. The van der Waals surface area contributed by atoms with Crippen LogP contribution in [0.2, 0.25) is 0 Å². The van der Waals surface area contributed by atoms with E-state index >= 15 is 0 Å². The molecule has 0 aliphatic rings. The standard InChI is InChI=1S/C29H28N2O3/c1-20(32)21-14-16-24(17-15-21)31(28(33)34-29(2,3)4)19-23-18-27(22-10-6-5-7-11-22)30-26-13-9-8-12-25(23)26/h5-18H,19H2,1-4H3. The third-order valence-electron chi connectivity index (χ3n) is 5.40. The second-order valence-corrected chi connectivity index (χ2v) is 9.22. The second kappa shape index (κ2) is 9.48. The molecule has 0 spiro atoms. The number of pyridine rings is 1. The molecule has 3 aromatic carbocycles. The van der Waals surface area contributed by atoms with Crippen molar-refractivity contribution in [3.63, 3.8) is 0 Å². The lowest BCUT2D eigenvalue weighted by Gasteiger charge is -2.28. The number of aromatic nitrogens is 1. The Morgan fingerprint density at radius 3 is 2.18 bits per heavy atom. The number of hydrogen-bond acceptors (Lipinski definition) is 4. The number of carbonyl (C=O) groups excluding carboxylic acids is 2. The first-order valence-corrected chi connectivity index (χ1v) is 11.3. The van der Waals surface area contributed by atoms with E-state index in [4.69, 9.17) is 9.72 Å². The summed E-state index contributed by atoms with van der Waals surface area (Å²) in [6.07, 6.45) is -0.453. The SMILES string of the molecule is CC(=O)c1ccc(N(Cc2cc(-c3ccccc3)nc3ccccc23)C(=O)OC(C)(C)C)cc1. The number of Topliss-reactive ketones (excluding diaryl/α,β-unsaturated/α-hetero) is 1. The smallest absolute Gasteiger partial charge is 0.415 e. The molecule has 1 aromatic heterocycles. The Morgan fingerprint density at radius 1 is 0.882 bits per heavy atom. The Balaban J connectivity index is 1.81. The monoisotopic (exact) mass is 452 g/mol. The van der Waals surface area contributed by atoms with E-state index in [1.54, 1.807) is 29.2 Å². The van der Waals surface area contributed by atoms with Crippen molar-refractivity contribution in [3.05, 3.63) is 96.1 Å². The molecule has 5 heteroatoms. The van der Waals surface area contributed by atoms with Crippen LogP contribution in [-0.2, 0) is 11.3 Å². The van der Waals surface area contributed by atoms with Gasteiger partial charge in [-0.15, -0.1) is 0 Å². The highest BCUT2D eigenvalue weighted by molar-refractivity contribution is 5.95. The maximum absolute atomic E-state index is 13.3. The van der Waals surface area contributed by atoms with Crippen molar-refractivity contribution < 1.29 is 14.3 Å². The molecule has 0 aliphatic heterocycles. The molecule has 34 heavy (non-hydrogen) atoms. The van der Waals surface area contributed by atoms with Crippen molar-refractivity contribution in [2.75, 3.05) is 4.90 Å². The van der Waals surface area contributed by atoms with Crippen LogP contribution in [0.25, 0.3) is 22.2 Å². The fourth-order valence-corrected chi connectivity index (χ4v) is 3.76. The van der Waals surface area contributed by atoms with Gasteiger partial charge in [-0.3, -0.25) is 9.69 Å². The van der Waals surface area contributed by atoms with Gasteiger partial charge in [0.15, 0.2) is 5.78 Å². The van der Waals surface area contributed by atoms with Crippen LogP contribution < -0.4 is 4.90 Å². The van der Waals surface area contributed by atoms with Crippen LogP contribution in [0.4, 0.5) is 10.5 Å². The molecule has 0 saturated carbocycles. The molecular formula is C29H28N2O3. The first kappa shape index (κ1) is 23.2. The fourth-order valence-electron chi connectivity index (χ4n) is 3.76. The number of rotatable bonds is 5. The summed E-state index contributed by atoms with van der Waals surface area (Å²) in [6.45, 7) is 7.35. The average Bonchev–Trinajstić information content (AvgIpc) is 2.81. The van der Waals surface area contributed by atoms with E-state index in [0.29, 0.717) is 11.3 Å². The molecule has 0 atom stereocenters. The zero-order valence-electron chi connectivity index (χ0n) is 19.9. The Hall–Kier alpha value is -3.99. The number of amides is 1. The molecule has 0 N–H and O–H groups in total. The van der Waals surface area contributed by atoms with Gasteiger partial charge < -0.3 is 4.74 Å². The minimum atomic E-state index is -0.649. The van der Waals surface area contributed by atoms with E-state index in [1.165, 1.54) is 6.92 Å². The number of benzene rings is 3. The van der Waals surface area contributed by atoms with E-state index in [2.05, 4.69) is 0 Å². The summed E-state index contributed by atoms with van der Waals surface area (Å²) < 4.78 is 5.74. The van der Waals surface area contributed by atoms with Crippen LogP contribution in [0.5, 0.6) is 0 Å². The van der Waals surface area contributed by atoms with Gasteiger partial charge in [0.2, 0.25) is 0 Å². The molecule has 1 amide bonds. The predicted molar refractivity (Wildman–Crippen MR) is 136 cm³/mol. The number of fused-ring (bicyclic) bond motifs is 1. The lowest BCUT2D eigenvalue weighted by molar-refractivity contribution is 0.0577. The van der Waals surface area contributed by atoms with Crippen LogP contribution in [0.1, 0.15) is 43.6 Å². The van der Waals surface area contributed by atoms with Crippen LogP contribution in [0, 0.1) is 0 Å². The molecule has 172 valence electrons. The lowest BCUT2D eigenvalue weighted by Crippen LogP contribution is -2.36. The summed E-state index contributed by atoms with van der Waals surface area (Å²) in [5, 5.41) is 0.969. The minimum absolute atomic E-state index is 0.0250. The number of anilines is 1. The predicted octanol–water partition coefficient (Wildman–Crippen LogP) is 7.05. The highest BCUT2D eigenvalue weighted by atomic mass is 16.6. The van der Waals surface area contributed by atoms with Gasteiger partial charge in [-0.2, -0.15) is 0 Å². The zero-order chi connectivity index (χ0) is 24.3. The third kappa shape index (κ3) is 5.31. The van der Waals surface area contributed by atoms with E-state index in [-0.39, 0.29) is 12.3 Å². The molecule has 4 aromatic rings. The van der Waals surface area contributed by atoms with Crippen molar-refractivity contribution in [3.8, 4) is 11.3 Å². The van der Waals surface area contributed by atoms with Crippen LogP contribution in [-0.4, -0.2) is 22.5 Å². The molecule has 0 unspecified atom stereocenters. The summed E-state index contributed by atoms with van der Waals surface area (Å²) >= 11 is 0. The van der Waals surface area contributed by atoms with Crippen molar-refractivity contribution in [2.45, 2.75) is 39.8 Å². The van der Waals surface area contributed by atoms with E-state index in [0.717, 1.165) is 27.7 Å². The van der Waals surface area contributed by atoms with Crippen molar-refractivity contribution in [1.82, 2.24) is 4.98 Å². The van der Waals surface area contributed by atoms with Crippen molar-refractivity contribution in [2.24, 2.45) is 0 Å². The fraction of sp³-hybridized carbons (Fsp3) is 0.207. The molecule has 5 nitrogen and oxygen atoms in total. The Bertz CT molecular complexity index is 1320. The molecular weight excluding hydrogens is 424 g/mol. The van der Waals surface area contributed by atoms with Crippen molar-refractivity contribution >= 4 is 28.5 Å². The number of carbonyl (C=O) groups is 2. The summed E-state index contributed by atoms with van der Waals surface area (Å²) in [5.41, 5.74) is 4.25. The number of nitrogens with zero attached hydrogens (tertiary/aromatic N) is 2. The van der Waals surface area contributed by atoms with E-state index in [1.807, 2.05) is 81.4 Å². The number of hydrogen-bond donors (Lipinski definition) is 0. The first-order chi connectivity index (χ1) is 16.2. The number of para-hydroxylation sites is 1. The van der Waals surface area contributed by atoms with Crippen LogP contribution in [0.15, 0.2) is 84.9 Å². The normalized spacial score (nSPS) is 11.3. The summed E-state index contributed by atoms with van der Waals surface area (Å²) in [6, 6.07) is 26.9. The maximum atomic E-state index is 13.3. The van der Waals surface area contributed by atoms with Gasteiger partial charge in [0.25, 0.3) is 0 Å². The van der Waals surface area contributed by atoms with Crippen molar-refractivity contribution in [1.29, 1.82) is 0 Å². The summed E-state index contributed by atoms with van der Waals surface area (Å²) in [5.74, 6) is -0.0250. The van der Waals surface area contributed by atoms with Gasteiger partial charge in [0, 0.05) is 22.2 Å². The maximum Gasteiger partial charge on any atom is 0.415 e. The Morgan fingerprint density at radius 2 is 1.53 bits per heavy atom. The highest BCUT2D eigenvalue weighted by Crippen LogP contribution is 2.28. The Kier molecular flexibility index (Phi) is 6.46. The van der Waals surface area contributed by atoms with Gasteiger partial charge in [0.1, 0.15) is 5.60 Å². The highest BCUT2D eigenvalue weighted by Gasteiger charge is 2.25.